The molecule has 0 spiro atoms. The van der Waals surface area contributed by atoms with Gasteiger partial charge in [0.15, 0.2) is 11.6 Å². The lowest BCUT2D eigenvalue weighted by Gasteiger charge is -2.09. The number of rotatable bonds is 3. The first-order valence-corrected chi connectivity index (χ1v) is 5.77. The van der Waals surface area contributed by atoms with E-state index in [-0.39, 0.29) is 12.2 Å². The van der Waals surface area contributed by atoms with Crippen molar-refractivity contribution in [3.8, 4) is 6.07 Å². The lowest BCUT2D eigenvalue weighted by Crippen LogP contribution is -2.09. The molecule has 0 amide bonds. The molecule has 0 saturated carbocycles. The molecule has 0 bridgehead atoms. The second kappa shape index (κ2) is 5.61. The van der Waals surface area contributed by atoms with Gasteiger partial charge in [0.25, 0.3) is 0 Å². The van der Waals surface area contributed by atoms with Crippen LogP contribution < -0.4 is 5.32 Å². The smallest absolute Gasteiger partial charge is 0.249 e. The highest BCUT2D eigenvalue weighted by Crippen LogP contribution is 2.18. The average Bonchev–Trinajstić information content (AvgIpc) is 2.47. The molecule has 1 aromatic carbocycles. The molecule has 6 heteroatoms. The number of benzene rings is 1. The molecule has 102 valence electrons. The molecule has 1 aromatic heterocycles. The fourth-order valence-electron chi connectivity index (χ4n) is 1.69. The number of pyridine rings is 1. The predicted octanol–water partition coefficient (Wildman–Crippen LogP) is 3.29. The Balaban J connectivity index is 2.21. The van der Waals surface area contributed by atoms with E-state index < -0.39 is 23.1 Å². The van der Waals surface area contributed by atoms with Gasteiger partial charge in [-0.3, -0.25) is 0 Å². The lowest BCUT2D eigenvalue weighted by molar-refractivity contribution is 0.449. The summed E-state index contributed by atoms with van der Waals surface area (Å²) in [4.78, 5) is 3.25. The van der Waals surface area contributed by atoms with Crippen molar-refractivity contribution in [2.45, 2.75) is 13.5 Å². The minimum atomic E-state index is -1.33. The number of hydrogen-bond donors (Lipinski definition) is 1. The maximum absolute atomic E-state index is 13.7. The average molecular weight is 277 g/mol. The first-order valence-electron chi connectivity index (χ1n) is 5.77. The first-order chi connectivity index (χ1) is 9.52. The minimum Gasteiger partial charge on any atom is -0.379 e. The van der Waals surface area contributed by atoms with Crippen molar-refractivity contribution in [1.29, 1.82) is 5.26 Å². The summed E-state index contributed by atoms with van der Waals surface area (Å²) in [6.45, 7) is 1.04. The van der Waals surface area contributed by atoms with E-state index in [0.29, 0.717) is 11.3 Å². The molecule has 2 rings (SSSR count). The van der Waals surface area contributed by atoms with Crippen molar-refractivity contribution >= 4 is 5.69 Å². The number of hydrogen-bond acceptors (Lipinski definition) is 3. The molecule has 1 heterocycles. The Morgan fingerprint density at radius 2 is 2.00 bits per heavy atom. The normalized spacial score (nSPS) is 10.2. The van der Waals surface area contributed by atoms with Crippen LogP contribution in [0.15, 0.2) is 24.3 Å². The van der Waals surface area contributed by atoms with Crippen LogP contribution in [-0.4, -0.2) is 4.98 Å². The Labute approximate surface area is 113 Å². The van der Waals surface area contributed by atoms with Gasteiger partial charge in [0.05, 0.1) is 23.9 Å². The van der Waals surface area contributed by atoms with Crippen LogP contribution in [0.2, 0.25) is 0 Å². The van der Waals surface area contributed by atoms with Crippen LogP contribution in [0.4, 0.5) is 18.9 Å². The quantitative estimate of drug-likeness (QED) is 0.876. The van der Waals surface area contributed by atoms with Crippen molar-refractivity contribution in [3.63, 3.8) is 0 Å². The van der Waals surface area contributed by atoms with E-state index in [1.165, 1.54) is 0 Å². The molecule has 20 heavy (non-hydrogen) atoms. The number of nitrogens with zero attached hydrogens (tertiary/aromatic N) is 2. The van der Waals surface area contributed by atoms with Crippen molar-refractivity contribution in [1.82, 2.24) is 4.98 Å². The Kier molecular flexibility index (Phi) is 3.89. The molecule has 3 nitrogen and oxygen atoms in total. The van der Waals surface area contributed by atoms with Crippen LogP contribution >= 0.6 is 0 Å². The summed E-state index contributed by atoms with van der Waals surface area (Å²) in [6.07, 6.45) is 0. The van der Waals surface area contributed by atoms with Gasteiger partial charge in [-0.15, -0.1) is 0 Å². The van der Waals surface area contributed by atoms with E-state index in [2.05, 4.69) is 10.3 Å². The minimum absolute atomic E-state index is 0.112. The summed E-state index contributed by atoms with van der Waals surface area (Å²) in [5.41, 5.74) is 0.376. The third kappa shape index (κ3) is 2.72. The van der Waals surface area contributed by atoms with E-state index in [9.17, 15) is 13.2 Å². The third-order valence-electron chi connectivity index (χ3n) is 2.78. The first kappa shape index (κ1) is 13.9. The zero-order valence-corrected chi connectivity index (χ0v) is 10.5. The maximum Gasteiger partial charge on any atom is 0.249 e. The second-order valence-corrected chi connectivity index (χ2v) is 4.15. The predicted molar refractivity (Wildman–Crippen MR) is 67.3 cm³/mol. The number of aromatic nitrogens is 1. The molecule has 0 atom stereocenters. The fraction of sp³-hybridized carbons (Fsp3) is 0.143. The SMILES string of the molecule is Cc1c(F)c(F)nc(CNc2cccc(C#N)c2)c1F. The van der Waals surface area contributed by atoms with E-state index in [0.717, 1.165) is 6.92 Å². The van der Waals surface area contributed by atoms with Gasteiger partial charge >= 0.3 is 0 Å². The van der Waals surface area contributed by atoms with E-state index in [4.69, 9.17) is 5.26 Å². The molecule has 0 radical (unpaired) electrons. The number of halogens is 3. The molecule has 0 saturated heterocycles. The maximum atomic E-state index is 13.7. The Morgan fingerprint density at radius 1 is 1.25 bits per heavy atom. The van der Waals surface area contributed by atoms with Crippen LogP contribution in [0.1, 0.15) is 16.8 Å². The van der Waals surface area contributed by atoms with Crippen LogP contribution in [0.25, 0.3) is 0 Å². The van der Waals surface area contributed by atoms with Gasteiger partial charge < -0.3 is 5.32 Å². The van der Waals surface area contributed by atoms with Crippen molar-refractivity contribution in [3.05, 3.63) is 58.7 Å². The van der Waals surface area contributed by atoms with Crippen molar-refractivity contribution in [2.75, 3.05) is 5.32 Å². The number of nitrogens with one attached hydrogen (secondary N) is 1. The summed E-state index contributed by atoms with van der Waals surface area (Å²) in [5.74, 6) is -3.49. The molecule has 0 fully saturated rings. The molecular formula is C14H10F3N3. The van der Waals surface area contributed by atoms with Gasteiger partial charge in [0.2, 0.25) is 5.95 Å². The van der Waals surface area contributed by atoms with E-state index in [1.54, 1.807) is 24.3 Å². The highest BCUT2D eigenvalue weighted by atomic mass is 19.2. The molecule has 0 aliphatic heterocycles. The van der Waals surface area contributed by atoms with Gasteiger partial charge in [-0.1, -0.05) is 6.07 Å². The largest absolute Gasteiger partial charge is 0.379 e. The summed E-state index contributed by atoms with van der Waals surface area (Å²) in [6, 6.07) is 8.47. The standard InChI is InChI=1S/C14H10F3N3/c1-8-12(15)11(20-14(17)13(8)16)7-19-10-4-2-3-9(5-10)6-18/h2-5,19H,7H2,1H3. The fourth-order valence-corrected chi connectivity index (χ4v) is 1.69. The van der Waals surface area contributed by atoms with E-state index >= 15 is 0 Å². The molecule has 0 unspecified atom stereocenters. The van der Waals surface area contributed by atoms with Crippen LogP contribution in [0, 0.1) is 35.8 Å². The van der Waals surface area contributed by atoms with Gasteiger partial charge in [0, 0.05) is 11.3 Å². The third-order valence-corrected chi connectivity index (χ3v) is 2.78. The number of nitriles is 1. The van der Waals surface area contributed by atoms with Gasteiger partial charge in [0.1, 0.15) is 0 Å². The van der Waals surface area contributed by atoms with Crippen LogP contribution in [-0.2, 0) is 6.54 Å². The molecule has 0 aliphatic rings. The lowest BCUT2D eigenvalue weighted by atomic mass is 10.2. The van der Waals surface area contributed by atoms with Gasteiger partial charge in [-0.05, 0) is 25.1 Å². The highest BCUT2D eigenvalue weighted by Gasteiger charge is 2.16. The van der Waals surface area contributed by atoms with Gasteiger partial charge in [-0.2, -0.15) is 9.65 Å². The molecule has 0 aliphatic carbocycles. The van der Waals surface area contributed by atoms with Crippen molar-refractivity contribution < 1.29 is 13.2 Å². The molecule has 1 N–H and O–H groups in total. The number of anilines is 1. The monoisotopic (exact) mass is 277 g/mol. The topological polar surface area (TPSA) is 48.7 Å². The van der Waals surface area contributed by atoms with Crippen molar-refractivity contribution in [2.24, 2.45) is 0 Å². The molecular weight excluding hydrogens is 267 g/mol. The summed E-state index contributed by atoms with van der Waals surface area (Å²) in [5, 5.41) is 11.6. The Hall–Kier alpha value is -2.55. The second-order valence-electron chi connectivity index (χ2n) is 4.15. The zero-order valence-electron chi connectivity index (χ0n) is 10.5. The summed E-state index contributed by atoms with van der Waals surface area (Å²) < 4.78 is 40.0. The van der Waals surface area contributed by atoms with E-state index in [1.807, 2.05) is 6.07 Å². The summed E-state index contributed by atoms with van der Waals surface area (Å²) >= 11 is 0. The summed E-state index contributed by atoms with van der Waals surface area (Å²) in [7, 11) is 0. The van der Waals surface area contributed by atoms with Gasteiger partial charge in [-0.25, -0.2) is 13.8 Å². The Morgan fingerprint density at radius 3 is 2.70 bits per heavy atom. The zero-order chi connectivity index (χ0) is 14.7. The Bertz CT molecular complexity index is 693. The van der Waals surface area contributed by atoms with Crippen LogP contribution in [0.5, 0.6) is 0 Å². The highest BCUT2D eigenvalue weighted by molar-refractivity contribution is 5.49. The van der Waals surface area contributed by atoms with Crippen LogP contribution in [0.3, 0.4) is 0 Å². The molecule has 2 aromatic rings.